The van der Waals surface area contributed by atoms with Crippen molar-refractivity contribution in [3.63, 3.8) is 0 Å². The van der Waals surface area contributed by atoms with Gasteiger partial charge in [-0.2, -0.15) is 0 Å². The summed E-state index contributed by atoms with van der Waals surface area (Å²) in [6, 6.07) is 5.80. The standard InChI is InChI=1S/C15H11NO3S2/c17-5-2-12(15(18)19)13-7-9(8-21-13)10-1-4-16-14-11(10)3-6-20-14/h1,3-8,12H,2H2,(H,18,19). The zero-order valence-corrected chi connectivity index (χ0v) is 12.5. The molecule has 3 aromatic rings. The molecule has 1 unspecified atom stereocenters. The first-order valence-electron chi connectivity index (χ1n) is 6.28. The van der Waals surface area contributed by atoms with E-state index in [9.17, 15) is 14.7 Å². The molecule has 0 spiro atoms. The first kappa shape index (κ1) is 13.9. The molecule has 0 aliphatic rings. The SMILES string of the molecule is O=CCC(C(=O)O)c1cc(-c2ccnc3sccc23)cs1. The minimum absolute atomic E-state index is 0.000502. The van der Waals surface area contributed by atoms with Gasteiger partial charge in [0.15, 0.2) is 0 Å². The van der Waals surface area contributed by atoms with Crippen molar-refractivity contribution in [1.29, 1.82) is 0 Å². The summed E-state index contributed by atoms with van der Waals surface area (Å²) in [5.41, 5.74) is 2.01. The second-order valence-corrected chi connectivity index (χ2v) is 6.37. The number of hydrogen-bond donors (Lipinski definition) is 1. The molecule has 0 saturated heterocycles. The Balaban J connectivity index is 2.03. The molecule has 0 aliphatic heterocycles. The Hall–Kier alpha value is -2.05. The Morgan fingerprint density at radius 3 is 3.00 bits per heavy atom. The molecule has 1 atom stereocenters. The molecule has 106 valence electrons. The van der Waals surface area contributed by atoms with Crippen LogP contribution in [0.5, 0.6) is 0 Å². The van der Waals surface area contributed by atoms with Gasteiger partial charge >= 0.3 is 5.97 Å². The average molecular weight is 317 g/mol. The van der Waals surface area contributed by atoms with Gasteiger partial charge in [0.05, 0.1) is 5.92 Å². The summed E-state index contributed by atoms with van der Waals surface area (Å²) in [6.45, 7) is 0. The highest BCUT2D eigenvalue weighted by Gasteiger charge is 2.21. The van der Waals surface area contributed by atoms with E-state index in [1.807, 2.05) is 29.0 Å². The number of carboxylic acid groups (broad SMARTS) is 1. The highest BCUT2D eigenvalue weighted by atomic mass is 32.1. The number of pyridine rings is 1. The number of carbonyl (C=O) groups is 2. The predicted molar refractivity (Wildman–Crippen MR) is 84.0 cm³/mol. The third-order valence-corrected chi connectivity index (χ3v) is 5.14. The van der Waals surface area contributed by atoms with Crippen LogP contribution in [0.25, 0.3) is 21.3 Å². The van der Waals surface area contributed by atoms with Crippen LogP contribution in [-0.2, 0) is 9.59 Å². The van der Waals surface area contributed by atoms with E-state index in [2.05, 4.69) is 4.98 Å². The van der Waals surface area contributed by atoms with Gasteiger partial charge in [0.2, 0.25) is 0 Å². The number of rotatable bonds is 5. The van der Waals surface area contributed by atoms with Gasteiger partial charge in [0.25, 0.3) is 0 Å². The van der Waals surface area contributed by atoms with E-state index >= 15 is 0 Å². The largest absolute Gasteiger partial charge is 0.481 e. The van der Waals surface area contributed by atoms with E-state index in [0.717, 1.165) is 21.3 Å². The van der Waals surface area contributed by atoms with Crippen molar-refractivity contribution in [1.82, 2.24) is 4.98 Å². The van der Waals surface area contributed by atoms with Crippen LogP contribution >= 0.6 is 22.7 Å². The lowest BCUT2D eigenvalue weighted by molar-refractivity contribution is -0.139. The van der Waals surface area contributed by atoms with Crippen LogP contribution in [0, 0.1) is 0 Å². The lowest BCUT2D eigenvalue weighted by atomic mass is 10.0. The zero-order valence-electron chi connectivity index (χ0n) is 10.9. The lowest BCUT2D eigenvalue weighted by Crippen LogP contribution is -2.10. The van der Waals surface area contributed by atoms with Crippen molar-refractivity contribution in [2.75, 3.05) is 0 Å². The maximum atomic E-state index is 11.2. The Morgan fingerprint density at radius 1 is 1.38 bits per heavy atom. The van der Waals surface area contributed by atoms with Crippen molar-refractivity contribution in [3.05, 3.63) is 40.0 Å². The Kier molecular flexibility index (Phi) is 3.81. The van der Waals surface area contributed by atoms with Crippen LogP contribution in [0.4, 0.5) is 0 Å². The van der Waals surface area contributed by atoms with Gasteiger partial charge in [-0.3, -0.25) is 4.79 Å². The minimum atomic E-state index is -0.967. The van der Waals surface area contributed by atoms with Crippen molar-refractivity contribution >= 4 is 45.1 Å². The number of carboxylic acids is 1. The van der Waals surface area contributed by atoms with Crippen LogP contribution < -0.4 is 0 Å². The zero-order chi connectivity index (χ0) is 14.8. The Morgan fingerprint density at radius 2 is 2.24 bits per heavy atom. The minimum Gasteiger partial charge on any atom is -0.481 e. The molecule has 3 rings (SSSR count). The van der Waals surface area contributed by atoms with Crippen molar-refractivity contribution < 1.29 is 14.7 Å². The summed E-state index contributed by atoms with van der Waals surface area (Å²) in [6.07, 6.45) is 2.41. The second kappa shape index (κ2) is 5.75. The third kappa shape index (κ3) is 2.59. The fourth-order valence-electron chi connectivity index (χ4n) is 2.24. The monoisotopic (exact) mass is 317 g/mol. The van der Waals surface area contributed by atoms with Gasteiger partial charge in [0.1, 0.15) is 11.1 Å². The number of carbonyl (C=O) groups excluding carboxylic acids is 1. The van der Waals surface area contributed by atoms with Gasteiger partial charge in [-0.25, -0.2) is 4.98 Å². The fourth-order valence-corrected chi connectivity index (χ4v) is 4.01. The number of aldehydes is 1. The smallest absolute Gasteiger partial charge is 0.312 e. The molecule has 0 aromatic carbocycles. The summed E-state index contributed by atoms with van der Waals surface area (Å²) in [5, 5.41) is 14.2. The molecular formula is C15H11NO3S2. The van der Waals surface area contributed by atoms with Gasteiger partial charge in [-0.15, -0.1) is 22.7 Å². The van der Waals surface area contributed by atoms with Crippen LogP contribution in [-0.4, -0.2) is 22.3 Å². The molecule has 0 radical (unpaired) electrons. The van der Waals surface area contributed by atoms with Crippen LogP contribution in [0.1, 0.15) is 17.2 Å². The molecule has 21 heavy (non-hydrogen) atoms. The van der Waals surface area contributed by atoms with E-state index in [-0.39, 0.29) is 6.42 Å². The van der Waals surface area contributed by atoms with Gasteiger partial charge < -0.3 is 9.90 Å². The molecule has 0 saturated carbocycles. The Labute approximate surface area is 128 Å². The number of hydrogen-bond acceptors (Lipinski definition) is 5. The quantitative estimate of drug-likeness (QED) is 0.727. The van der Waals surface area contributed by atoms with Crippen molar-refractivity contribution in [3.8, 4) is 11.1 Å². The molecule has 0 fully saturated rings. The number of nitrogens with zero attached hydrogens (tertiary/aromatic N) is 1. The topological polar surface area (TPSA) is 67.3 Å². The fraction of sp³-hybridized carbons (Fsp3) is 0.133. The van der Waals surface area contributed by atoms with E-state index in [1.165, 1.54) is 11.3 Å². The lowest BCUT2D eigenvalue weighted by Gasteiger charge is -2.05. The maximum absolute atomic E-state index is 11.2. The summed E-state index contributed by atoms with van der Waals surface area (Å²) >= 11 is 2.95. The number of aromatic nitrogens is 1. The van der Waals surface area contributed by atoms with Crippen molar-refractivity contribution in [2.45, 2.75) is 12.3 Å². The highest BCUT2D eigenvalue weighted by Crippen LogP contribution is 2.35. The number of thiophene rings is 2. The van der Waals surface area contributed by atoms with Gasteiger partial charge in [0, 0.05) is 22.9 Å². The van der Waals surface area contributed by atoms with Gasteiger partial charge in [-0.05, 0) is 40.1 Å². The first-order valence-corrected chi connectivity index (χ1v) is 8.04. The molecular weight excluding hydrogens is 306 g/mol. The first-order chi connectivity index (χ1) is 10.2. The van der Waals surface area contributed by atoms with E-state index in [1.54, 1.807) is 17.5 Å². The molecule has 4 nitrogen and oxygen atoms in total. The van der Waals surface area contributed by atoms with E-state index in [0.29, 0.717) is 11.2 Å². The van der Waals surface area contributed by atoms with E-state index < -0.39 is 11.9 Å². The number of fused-ring (bicyclic) bond motifs is 1. The molecule has 3 aromatic heterocycles. The summed E-state index contributed by atoms with van der Waals surface area (Å²) in [7, 11) is 0. The van der Waals surface area contributed by atoms with Crippen LogP contribution in [0.3, 0.4) is 0 Å². The van der Waals surface area contributed by atoms with Crippen LogP contribution in [0.15, 0.2) is 35.2 Å². The normalized spacial score (nSPS) is 12.4. The number of aliphatic carboxylic acids is 1. The third-order valence-electron chi connectivity index (χ3n) is 3.27. The average Bonchev–Trinajstić information content (AvgIpc) is 3.12. The molecule has 6 heteroatoms. The van der Waals surface area contributed by atoms with E-state index in [4.69, 9.17) is 0 Å². The van der Waals surface area contributed by atoms with Crippen LogP contribution in [0.2, 0.25) is 0 Å². The maximum Gasteiger partial charge on any atom is 0.312 e. The summed E-state index contributed by atoms with van der Waals surface area (Å²) in [4.78, 5) is 27.9. The molecule has 3 heterocycles. The predicted octanol–water partition coefficient (Wildman–Crippen LogP) is 3.78. The Bertz CT molecular complexity index is 806. The molecule has 1 N–H and O–H groups in total. The highest BCUT2D eigenvalue weighted by molar-refractivity contribution is 7.16. The second-order valence-electron chi connectivity index (χ2n) is 4.53. The summed E-state index contributed by atoms with van der Waals surface area (Å²) < 4.78 is 0. The molecule has 0 bridgehead atoms. The molecule has 0 amide bonds. The summed E-state index contributed by atoms with van der Waals surface area (Å²) in [5.74, 6) is -1.73. The molecule has 0 aliphatic carbocycles. The van der Waals surface area contributed by atoms with Crippen molar-refractivity contribution in [2.24, 2.45) is 0 Å². The van der Waals surface area contributed by atoms with Gasteiger partial charge in [-0.1, -0.05) is 0 Å².